The van der Waals surface area contributed by atoms with Crippen LogP contribution >= 0.6 is 11.3 Å². The Morgan fingerprint density at radius 1 is 1.53 bits per heavy atom. The van der Waals surface area contributed by atoms with E-state index in [1.165, 1.54) is 11.3 Å². The topological polar surface area (TPSA) is 37.3 Å². The number of rotatable bonds is 3. The van der Waals surface area contributed by atoms with Crippen LogP contribution in [0.3, 0.4) is 0 Å². The monoisotopic (exact) mass is 232 g/mol. The zero-order valence-electron chi connectivity index (χ0n) is 7.93. The molecule has 82 valence electrons. The summed E-state index contributed by atoms with van der Waals surface area (Å²) in [6.45, 7) is 0. The van der Waals surface area contributed by atoms with Crippen molar-refractivity contribution in [3.63, 3.8) is 0 Å². The van der Waals surface area contributed by atoms with Gasteiger partial charge in [-0.1, -0.05) is 0 Å². The van der Waals surface area contributed by atoms with Crippen molar-refractivity contribution in [1.82, 2.24) is 0 Å². The van der Waals surface area contributed by atoms with Crippen molar-refractivity contribution >= 4 is 17.3 Å². The zero-order valence-corrected chi connectivity index (χ0v) is 8.74. The fourth-order valence-electron chi connectivity index (χ4n) is 1.77. The summed E-state index contributed by atoms with van der Waals surface area (Å²) in [4.78, 5) is 11.9. The molecule has 0 spiro atoms. The molecule has 0 unspecified atom stereocenters. The first-order chi connectivity index (χ1) is 6.99. The number of carbonyl (C=O) groups is 1. The first-order valence-corrected chi connectivity index (χ1v) is 5.52. The Bertz CT molecular complexity index is 377. The maximum Gasteiger partial charge on any atom is 0.374 e. The van der Waals surface area contributed by atoms with Gasteiger partial charge in [-0.2, -0.15) is 8.78 Å². The number of carboxylic acid groups (broad SMARTS) is 1. The smallest absolute Gasteiger partial charge is 0.374 e. The van der Waals surface area contributed by atoms with Crippen molar-refractivity contribution in [2.45, 2.75) is 31.6 Å². The van der Waals surface area contributed by atoms with E-state index in [1.54, 1.807) is 6.07 Å². The highest BCUT2D eigenvalue weighted by Gasteiger charge is 2.39. The molecule has 1 aliphatic rings. The molecule has 1 aliphatic carbocycles. The van der Waals surface area contributed by atoms with Crippen molar-refractivity contribution in [1.29, 1.82) is 0 Å². The van der Waals surface area contributed by atoms with E-state index in [-0.39, 0.29) is 0 Å². The van der Waals surface area contributed by atoms with Crippen molar-refractivity contribution in [2.75, 3.05) is 0 Å². The van der Waals surface area contributed by atoms with Gasteiger partial charge in [-0.3, -0.25) is 0 Å². The summed E-state index contributed by atoms with van der Waals surface area (Å²) >= 11 is 1.32. The molecule has 0 amide bonds. The maximum atomic E-state index is 12.9. The van der Waals surface area contributed by atoms with E-state index in [1.807, 2.05) is 0 Å². The van der Waals surface area contributed by atoms with Crippen molar-refractivity contribution in [3.8, 4) is 0 Å². The van der Waals surface area contributed by atoms with Gasteiger partial charge in [-0.15, -0.1) is 11.3 Å². The Morgan fingerprint density at radius 3 is 2.87 bits per heavy atom. The molecular weight excluding hydrogens is 222 g/mol. The van der Waals surface area contributed by atoms with E-state index in [0.29, 0.717) is 4.88 Å². The van der Waals surface area contributed by atoms with Crippen LogP contribution in [0, 0.1) is 0 Å². The lowest BCUT2D eigenvalue weighted by Crippen LogP contribution is -2.30. The Morgan fingerprint density at radius 2 is 2.27 bits per heavy atom. The quantitative estimate of drug-likeness (QED) is 0.869. The van der Waals surface area contributed by atoms with Crippen molar-refractivity contribution < 1.29 is 18.7 Å². The van der Waals surface area contributed by atoms with Crippen LogP contribution in [-0.4, -0.2) is 17.0 Å². The molecule has 0 aromatic carbocycles. The van der Waals surface area contributed by atoms with Gasteiger partial charge in [0.2, 0.25) is 0 Å². The number of alkyl halides is 2. The van der Waals surface area contributed by atoms with Crippen LogP contribution in [0.1, 0.15) is 21.7 Å². The van der Waals surface area contributed by atoms with Gasteiger partial charge in [0.05, 0.1) is 6.42 Å². The highest BCUT2D eigenvalue weighted by Crippen LogP contribution is 2.33. The van der Waals surface area contributed by atoms with Gasteiger partial charge in [0, 0.05) is 9.75 Å². The van der Waals surface area contributed by atoms with Crippen LogP contribution in [0.4, 0.5) is 8.78 Å². The number of hydrogen-bond donors (Lipinski definition) is 1. The standard InChI is InChI=1S/C10H10F2O2S/c11-10(12,9(13)14)5-7-4-6-2-1-3-8(6)15-7/h4H,1-3,5H2,(H,13,14). The summed E-state index contributed by atoms with van der Waals surface area (Å²) in [6, 6.07) is 1.73. The number of aryl methyl sites for hydroxylation is 2. The van der Waals surface area contributed by atoms with E-state index < -0.39 is 18.3 Å². The predicted molar refractivity (Wildman–Crippen MR) is 52.6 cm³/mol. The van der Waals surface area contributed by atoms with Crippen LogP contribution in [-0.2, 0) is 24.1 Å². The number of fused-ring (bicyclic) bond motifs is 1. The van der Waals surface area contributed by atoms with Gasteiger partial charge < -0.3 is 5.11 Å². The summed E-state index contributed by atoms with van der Waals surface area (Å²) in [5.41, 5.74) is 1.12. The number of carboxylic acids is 1. The number of hydrogen-bond acceptors (Lipinski definition) is 2. The molecule has 0 saturated carbocycles. The van der Waals surface area contributed by atoms with Crippen LogP contribution in [0.5, 0.6) is 0 Å². The summed E-state index contributed by atoms with van der Waals surface area (Å²) in [6.07, 6.45) is 2.28. The van der Waals surface area contributed by atoms with Gasteiger partial charge >= 0.3 is 11.9 Å². The summed E-state index contributed by atoms with van der Waals surface area (Å²) in [5.74, 6) is -5.69. The highest BCUT2D eigenvalue weighted by atomic mass is 32.1. The van der Waals surface area contributed by atoms with Crippen LogP contribution in [0.15, 0.2) is 6.07 Å². The second kappa shape index (κ2) is 3.56. The molecule has 0 atom stereocenters. The number of halogens is 2. The molecular formula is C10H10F2O2S. The van der Waals surface area contributed by atoms with E-state index in [9.17, 15) is 13.6 Å². The molecule has 1 aromatic heterocycles. The summed E-state index contributed by atoms with van der Waals surface area (Å²) < 4.78 is 25.8. The van der Waals surface area contributed by atoms with Gasteiger partial charge in [-0.05, 0) is 30.9 Å². The van der Waals surface area contributed by atoms with E-state index in [2.05, 4.69) is 0 Å². The second-order valence-corrected chi connectivity index (χ2v) is 4.92. The van der Waals surface area contributed by atoms with E-state index in [4.69, 9.17) is 5.11 Å². The Balaban J connectivity index is 2.15. The first-order valence-electron chi connectivity index (χ1n) is 4.71. The number of thiophene rings is 1. The first kappa shape index (κ1) is 10.5. The van der Waals surface area contributed by atoms with Crippen LogP contribution in [0.25, 0.3) is 0 Å². The number of aliphatic carboxylic acids is 1. The molecule has 1 aromatic rings. The van der Waals surface area contributed by atoms with Crippen LogP contribution < -0.4 is 0 Å². The largest absolute Gasteiger partial charge is 0.477 e. The predicted octanol–water partition coefficient (Wildman–Crippen LogP) is 2.50. The third-order valence-corrected chi connectivity index (χ3v) is 3.74. The minimum absolute atomic E-state index is 0.479. The average molecular weight is 232 g/mol. The normalized spacial score (nSPS) is 15.3. The molecule has 15 heavy (non-hydrogen) atoms. The molecule has 5 heteroatoms. The third kappa shape index (κ3) is 2.02. The molecule has 2 nitrogen and oxygen atoms in total. The minimum atomic E-state index is -3.64. The maximum absolute atomic E-state index is 12.9. The van der Waals surface area contributed by atoms with Crippen molar-refractivity contribution in [2.24, 2.45) is 0 Å². The van der Waals surface area contributed by atoms with Crippen LogP contribution in [0.2, 0.25) is 0 Å². The molecule has 0 saturated heterocycles. The van der Waals surface area contributed by atoms with E-state index in [0.717, 1.165) is 29.7 Å². The molecule has 0 bridgehead atoms. The summed E-state index contributed by atoms with van der Waals surface area (Å²) in [7, 11) is 0. The zero-order chi connectivity index (χ0) is 11.1. The lowest BCUT2D eigenvalue weighted by atomic mass is 10.2. The van der Waals surface area contributed by atoms with Crippen molar-refractivity contribution in [3.05, 3.63) is 21.4 Å². The van der Waals surface area contributed by atoms with Gasteiger partial charge in [0.25, 0.3) is 0 Å². The lowest BCUT2D eigenvalue weighted by Gasteiger charge is -2.08. The lowest BCUT2D eigenvalue weighted by molar-refractivity contribution is -0.164. The average Bonchev–Trinajstić information content (AvgIpc) is 2.62. The Hall–Kier alpha value is -0.970. The molecule has 1 N–H and O–H groups in total. The minimum Gasteiger partial charge on any atom is -0.477 e. The van der Waals surface area contributed by atoms with Gasteiger partial charge in [0.1, 0.15) is 0 Å². The Labute approximate surface area is 89.5 Å². The summed E-state index contributed by atoms with van der Waals surface area (Å²) in [5, 5.41) is 8.30. The molecule has 0 fully saturated rings. The molecule has 0 aliphatic heterocycles. The second-order valence-electron chi connectivity index (χ2n) is 3.70. The van der Waals surface area contributed by atoms with Gasteiger partial charge in [0.15, 0.2) is 0 Å². The third-order valence-electron chi connectivity index (χ3n) is 2.51. The molecule has 0 radical (unpaired) electrons. The fraction of sp³-hybridized carbons (Fsp3) is 0.500. The molecule has 2 rings (SSSR count). The fourth-order valence-corrected chi connectivity index (χ4v) is 3.08. The van der Waals surface area contributed by atoms with E-state index >= 15 is 0 Å². The Kier molecular flexibility index (Phi) is 2.50. The van der Waals surface area contributed by atoms with Gasteiger partial charge in [-0.25, -0.2) is 4.79 Å². The highest BCUT2D eigenvalue weighted by molar-refractivity contribution is 7.12. The molecule has 1 heterocycles. The SMILES string of the molecule is O=C(O)C(F)(F)Cc1cc2c(s1)CCC2.